The van der Waals surface area contributed by atoms with Crippen molar-refractivity contribution < 1.29 is 5.11 Å². The van der Waals surface area contributed by atoms with Crippen LogP contribution in [0.5, 0.6) is 0 Å². The fraction of sp³-hybridized carbons (Fsp3) is 0.800. The molecule has 1 N–H and O–H groups in total. The van der Waals surface area contributed by atoms with Gasteiger partial charge in [-0.2, -0.15) is 0 Å². The average molecular weight is 248 g/mol. The molecule has 18 heavy (non-hydrogen) atoms. The van der Waals surface area contributed by atoms with Crippen molar-refractivity contribution in [2.75, 3.05) is 0 Å². The normalized spacial score (nSPS) is 41.5. The van der Waals surface area contributed by atoms with Gasteiger partial charge in [0.1, 0.15) is 5.82 Å². The summed E-state index contributed by atoms with van der Waals surface area (Å²) in [6, 6.07) is 0. The van der Waals surface area contributed by atoms with E-state index < -0.39 is 5.60 Å². The fourth-order valence-electron chi connectivity index (χ4n) is 4.58. The Morgan fingerprint density at radius 2 is 2.17 bits per heavy atom. The lowest BCUT2D eigenvalue weighted by molar-refractivity contribution is -0.143. The van der Waals surface area contributed by atoms with Gasteiger partial charge in [0.25, 0.3) is 0 Å². The Balaban J connectivity index is 2.01. The van der Waals surface area contributed by atoms with Gasteiger partial charge < -0.3 is 9.67 Å². The number of aliphatic hydroxyl groups is 1. The minimum atomic E-state index is -0.623. The Morgan fingerprint density at radius 3 is 2.67 bits per heavy atom. The van der Waals surface area contributed by atoms with E-state index in [1.807, 2.05) is 24.0 Å². The van der Waals surface area contributed by atoms with E-state index in [4.69, 9.17) is 0 Å². The molecule has 2 aliphatic carbocycles. The first kappa shape index (κ1) is 12.2. The molecule has 0 spiro atoms. The Morgan fingerprint density at radius 1 is 1.44 bits per heavy atom. The third-order valence-corrected chi connectivity index (χ3v) is 6.16. The van der Waals surface area contributed by atoms with E-state index in [0.717, 1.165) is 12.2 Å². The van der Waals surface area contributed by atoms with E-state index in [2.05, 4.69) is 25.8 Å². The lowest BCUT2D eigenvalue weighted by Gasteiger charge is -2.50. The number of aromatic nitrogens is 2. The molecule has 3 nitrogen and oxygen atoms in total. The Kier molecular flexibility index (Phi) is 2.30. The summed E-state index contributed by atoms with van der Waals surface area (Å²) in [4.78, 5) is 4.41. The van der Waals surface area contributed by atoms with Crippen molar-refractivity contribution in [3.8, 4) is 0 Å². The second-order valence-electron chi connectivity index (χ2n) is 7.21. The summed E-state index contributed by atoms with van der Waals surface area (Å²) < 4.78 is 2.03. The maximum Gasteiger partial charge on any atom is 0.111 e. The Hall–Kier alpha value is -0.830. The van der Waals surface area contributed by atoms with Crippen LogP contribution < -0.4 is 0 Å². The molecule has 2 bridgehead atoms. The highest BCUT2D eigenvalue weighted by Crippen LogP contribution is 2.68. The predicted octanol–water partition coefficient (Wildman–Crippen LogP) is 2.54. The van der Waals surface area contributed by atoms with E-state index in [1.165, 1.54) is 12.8 Å². The van der Waals surface area contributed by atoms with Gasteiger partial charge in [-0.25, -0.2) is 4.98 Å². The van der Waals surface area contributed by atoms with Crippen molar-refractivity contribution >= 4 is 0 Å². The maximum atomic E-state index is 11.4. The van der Waals surface area contributed by atoms with Crippen molar-refractivity contribution in [2.24, 2.45) is 23.8 Å². The van der Waals surface area contributed by atoms with Gasteiger partial charge in [0, 0.05) is 25.9 Å². The summed E-state index contributed by atoms with van der Waals surface area (Å²) in [7, 11) is 2.01. The quantitative estimate of drug-likeness (QED) is 0.873. The maximum absolute atomic E-state index is 11.4. The number of aryl methyl sites for hydroxylation is 1. The van der Waals surface area contributed by atoms with Gasteiger partial charge in [-0.15, -0.1) is 0 Å². The summed E-state index contributed by atoms with van der Waals surface area (Å²) in [6.45, 7) is 6.75. The standard InChI is InChI=1S/C15H24N2O/c1-13(2)11-5-6-14(3,9-11)15(13,18)10-12-16-7-8-17(12)4/h7-8,11,18H,5-6,9-10H2,1-4H3. The molecule has 2 fully saturated rings. The number of fused-ring (bicyclic) bond motifs is 2. The van der Waals surface area contributed by atoms with Gasteiger partial charge in [0.15, 0.2) is 0 Å². The molecule has 1 aromatic rings. The summed E-state index contributed by atoms with van der Waals surface area (Å²) >= 11 is 0. The lowest BCUT2D eigenvalue weighted by atomic mass is 9.59. The van der Waals surface area contributed by atoms with Crippen LogP contribution >= 0.6 is 0 Å². The van der Waals surface area contributed by atoms with Gasteiger partial charge in [0.2, 0.25) is 0 Å². The van der Waals surface area contributed by atoms with Gasteiger partial charge in [-0.05, 0) is 36.0 Å². The predicted molar refractivity (Wildman–Crippen MR) is 71.1 cm³/mol. The van der Waals surface area contributed by atoms with Crippen LogP contribution in [0, 0.1) is 16.7 Å². The summed E-state index contributed by atoms with van der Waals surface area (Å²) in [6.07, 6.45) is 8.05. The van der Waals surface area contributed by atoms with Crippen molar-refractivity contribution in [2.45, 2.75) is 52.1 Å². The van der Waals surface area contributed by atoms with Crippen LogP contribution in [0.1, 0.15) is 45.9 Å². The molecule has 0 amide bonds. The van der Waals surface area contributed by atoms with Gasteiger partial charge in [0.05, 0.1) is 5.60 Å². The molecule has 0 radical (unpaired) electrons. The number of imidazole rings is 1. The first-order valence-electron chi connectivity index (χ1n) is 6.99. The molecule has 0 aromatic carbocycles. The number of hydrogen-bond donors (Lipinski definition) is 1. The van der Waals surface area contributed by atoms with Crippen LogP contribution in [0.4, 0.5) is 0 Å². The second kappa shape index (κ2) is 3.38. The number of rotatable bonds is 2. The SMILES string of the molecule is Cn1ccnc1CC1(O)C2(C)CCC(C2)C1(C)C. The minimum Gasteiger partial charge on any atom is -0.388 e. The fourth-order valence-corrected chi connectivity index (χ4v) is 4.58. The molecular formula is C15H24N2O. The van der Waals surface area contributed by atoms with Crippen molar-refractivity contribution in [3.05, 3.63) is 18.2 Å². The van der Waals surface area contributed by atoms with Crippen LogP contribution in [0.3, 0.4) is 0 Å². The third-order valence-electron chi connectivity index (χ3n) is 6.16. The van der Waals surface area contributed by atoms with Crippen molar-refractivity contribution in [3.63, 3.8) is 0 Å². The van der Waals surface area contributed by atoms with E-state index in [1.54, 1.807) is 0 Å². The molecule has 2 aliphatic rings. The van der Waals surface area contributed by atoms with Crippen LogP contribution in [-0.4, -0.2) is 20.3 Å². The third kappa shape index (κ3) is 1.26. The molecule has 3 atom stereocenters. The van der Waals surface area contributed by atoms with Gasteiger partial charge >= 0.3 is 0 Å². The molecule has 3 rings (SSSR count). The molecular weight excluding hydrogens is 224 g/mol. The highest BCUT2D eigenvalue weighted by Gasteiger charge is 2.68. The zero-order valence-electron chi connectivity index (χ0n) is 11.9. The molecule has 100 valence electrons. The molecule has 0 aliphatic heterocycles. The van der Waals surface area contributed by atoms with Crippen LogP contribution in [-0.2, 0) is 13.5 Å². The summed E-state index contributed by atoms with van der Waals surface area (Å²) in [5.41, 5.74) is -0.568. The zero-order valence-corrected chi connectivity index (χ0v) is 11.9. The molecule has 1 aromatic heterocycles. The van der Waals surface area contributed by atoms with Crippen LogP contribution in [0.15, 0.2) is 12.4 Å². The highest BCUT2D eigenvalue weighted by molar-refractivity contribution is 5.20. The first-order chi connectivity index (χ1) is 8.30. The second-order valence-corrected chi connectivity index (χ2v) is 7.21. The smallest absolute Gasteiger partial charge is 0.111 e. The highest BCUT2D eigenvalue weighted by atomic mass is 16.3. The lowest BCUT2D eigenvalue weighted by Crippen LogP contribution is -2.55. The monoisotopic (exact) mass is 248 g/mol. The number of hydrogen-bond acceptors (Lipinski definition) is 2. The van der Waals surface area contributed by atoms with E-state index >= 15 is 0 Å². The molecule has 2 saturated carbocycles. The molecule has 1 heterocycles. The van der Waals surface area contributed by atoms with E-state index in [-0.39, 0.29) is 10.8 Å². The average Bonchev–Trinajstić information content (AvgIpc) is 2.89. The zero-order chi connectivity index (χ0) is 13.2. The van der Waals surface area contributed by atoms with Gasteiger partial charge in [-0.1, -0.05) is 20.8 Å². The van der Waals surface area contributed by atoms with Crippen LogP contribution in [0.2, 0.25) is 0 Å². The molecule has 0 saturated heterocycles. The molecule has 3 heteroatoms. The van der Waals surface area contributed by atoms with Crippen LogP contribution in [0.25, 0.3) is 0 Å². The minimum absolute atomic E-state index is 0.00799. The topological polar surface area (TPSA) is 38.0 Å². The first-order valence-corrected chi connectivity index (χ1v) is 6.99. The summed E-state index contributed by atoms with van der Waals surface area (Å²) in [5, 5.41) is 11.4. The van der Waals surface area contributed by atoms with E-state index in [0.29, 0.717) is 12.3 Å². The van der Waals surface area contributed by atoms with Gasteiger partial charge in [-0.3, -0.25) is 0 Å². The molecule has 3 unspecified atom stereocenters. The van der Waals surface area contributed by atoms with E-state index in [9.17, 15) is 5.11 Å². The number of nitrogens with zero attached hydrogens (tertiary/aromatic N) is 2. The Bertz CT molecular complexity index is 472. The van der Waals surface area contributed by atoms with Crippen molar-refractivity contribution in [1.29, 1.82) is 0 Å². The van der Waals surface area contributed by atoms with Crippen molar-refractivity contribution in [1.82, 2.24) is 9.55 Å². The summed E-state index contributed by atoms with van der Waals surface area (Å²) in [5.74, 6) is 1.66. The largest absolute Gasteiger partial charge is 0.388 e. The Labute approximate surface area is 109 Å².